The number of aryl methyl sites for hydroxylation is 1. The number of benzene rings is 1. The van der Waals surface area contributed by atoms with Crippen molar-refractivity contribution in [3.63, 3.8) is 0 Å². The highest BCUT2D eigenvalue weighted by molar-refractivity contribution is 5.98. The first kappa shape index (κ1) is 17.8. The minimum Gasteiger partial charge on any atom is -0.339 e. The number of carbonyl (C=O) groups excluding carboxylic acids is 2. The highest BCUT2D eigenvalue weighted by Crippen LogP contribution is 2.25. The fourth-order valence-corrected chi connectivity index (χ4v) is 3.27. The third-order valence-corrected chi connectivity index (χ3v) is 4.66. The molecule has 6 heteroatoms. The lowest BCUT2D eigenvalue weighted by atomic mass is 9.99. The Morgan fingerprint density at radius 3 is 2.87 bits per heavy atom. The fraction of sp³-hybridized carbons (Fsp3) is 0.529. The standard InChI is InChI=1S/C17H23N3O2.ClH/c1-20(14-3-2-9-18-10-8-14)17(22)13-4-6-15-12(11-13)5-7-16(21)19-15;/h4,6,11,14,18H,2-3,5,7-10H2,1H3,(H,19,21);1H. The van der Waals surface area contributed by atoms with Crippen LogP contribution in [0.15, 0.2) is 18.2 Å². The summed E-state index contributed by atoms with van der Waals surface area (Å²) in [5.41, 5.74) is 2.62. The lowest BCUT2D eigenvalue weighted by Crippen LogP contribution is -2.37. The molecule has 0 aliphatic carbocycles. The van der Waals surface area contributed by atoms with E-state index in [9.17, 15) is 9.59 Å². The highest BCUT2D eigenvalue weighted by Gasteiger charge is 2.23. The van der Waals surface area contributed by atoms with Gasteiger partial charge in [-0.25, -0.2) is 0 Å². The molecular weight excluding hydrogens is 314 g/mol. The molecule has 2 amide bonds. The molecule has 0 radical (unpaired) electrons. The summed E-state index contributed by atoms with van der Waals surface area (Å²) in [6.45, 7) is 2.01. The van der Waals surface area contributed by atoms with Crippen molar-refractivity contribution >= 4 is 29.9 Å². The average Bonchev–Trinajstić information content (AvgIpc) is 2.82. The maximum atomic E-state index is 12.7. The number of anilines is 1. The number of hydrogen-bond acceptors (Lipinski definition) is 3. The van der Waals surface area contributed by atoms with Crippen LogP contribution in [0.2, 0.25) is 0 Å². The molecule has 2 heterocycles. The summed E-state index contributed by atoms with van der Waals surface area (Å²) in [7, 11) is 1.90. The first-order chi connectivity index (χ1) is 10.6. The first-order valence-electron chi connectivity index (χ1n) is 8.06. The van der Waals surface area contributed by atoms with Crippen LogP contribution in [-0.4, -0.2) is 42.9 Å². The predicted octanol–water partition coefficient (Wildman–Crippen LogP) is 2.21. The minimum atomic E-state index is 0. The molecule has 5 nitrogen and oxygen atoms in total. The molecule has 3 rings (SSSR count). The van der Waals surface area contributed by atoms with Crippen LogP contribution in [0, 0.1) is 0 Å². The van der Waals surface area contributed by atoms with Crippen molar-refractivity contribution in [2.75, 3.05) is 25.5 Å². The molecule has 1 saturated heterocycles. The largest absolute Gasteiger partial charge is 0.339 e. The summed E-state index contributed by atoms with van der Waals surface area (Å²) >= 11 is 0. The Labute approximate surface area is 143 Å². The highest BCUT2D eigenvalue weighted by atomic mass is 35.5. The Balaban J connectivity index is 0.00000192. The second-order valence-electron chi connectivity index (χ2n) is 6.17. The zero-order valence-corrected chi connectivity index (χ0v) is 14.2. The van der Waals surface area contributed by atoms with Crippen molar-refractivity contribution in [1.29, 1.82) is 0 Å². The predicted molar refractivity (Wildman–Crippen MR) is 93.2 cm³/mol. The topological polar surface area (TPSA) is 61.4 Å². The number of halogens is 1. The SMILES string of the molecule is CN(C(=O)c1ccc2c(c1)CCC(=O)N2)C1CCCNCC1.Cl. The molecule has 23 heavy (non-hydrogen) atoms. The van der Waals surface area contributed by atoms with Crippen LogP contribution in [0.4, 0.5) is 5.69 Å². The Bertz CT molecular complexity index is 583. The van der Waals surface area contributed by atoms with Crippen molar-refractivity contribution in [2.24, 2.45) is 0 Å². The van der Waals surface area contributed by atoms with Gasteiger partial charge in [0.05, 0.1) is 0 Å². The summed E-state index contributed by atoms with van der Waals surface area (Å²) in [5, 5.41) is 6.23. The summed E-state index contributed by atoms with van der Waals surface area (Å²) in [5.74, 6) is 0.126. The Kier molecular flexibility index (Phi) is 6.02. The van der Waals surface area contributed by atoms with Crippen LogP contribution in [-0.2, 0) is 11.2 Å². The van der Waals surface area contributed by atoms with Gasteiger partial charge in [-0.1, -0.05) is 0 Å². The van der Waals surface area contributed by atoms with Gasteiger partial charge < -0.3 is 15.5 Å². The van der Waals surface area contributed by atoms with E-state index in [-0.39, 0.29) is 24.2 Å². The van der Waals surface area contributed by atoms with Gasteiger partial charge in [-0.15, -0.1) is 12.4 Å². The summed E-state index contributed by atoms with van der Waals surface area (Å²) in [6.07, 6.45) is 4.37. The summed E-state index contributed by atoms with van der Waals surface area (Å²) < 4.78 is 0. The third-order valence-electron chi connectivity index (χ3n) is 4.66. The smallest absolute Gasteiger partial charge is 0.253 e. The Morgan fingerprint density at radius 2 is 2.04 bits per heavy atom. The molecule has 1 atom stereocenters. The van der Waals surface area contributed by atoms with E-state index in [0.717, 1.165) is 49.2 Å². The van der Waals surface area contributed by atoms with Crippen LogP contribution in [0.25, 0.3) is 0 Å². The van der Waals surface area contributed by atoms with Gasteiger partial charge in [-0.05, 0) is 62.5 Å². The van der Waals surface area contributed by atoms with Gasteiger partial charge in [0.25, 0.3) is 5.91 Å². The van der Waals surface area contributed by atoms with Gasteiger partial charge in [0.15, 0.2) is 0 Å². The number of carbonyl (C=O) groups is 2. The van der Waals surface area contributed by atoms with Gasteiger partial charge in [-0.2, -0.15) is 0 Å². The molecule has 0 spiro atoms. The lowest BCUT2D eigenvalue weighted by Gasteiger charge is -2.27. The first-order valence-corrected chi connectivity index (χ1v) is 8.06. The third kappa shape index (κ3) is 4.03. The maximum Gasteiger partial charge on any atom is 0.253 e. The molecule has 126 valence electrons. The van der Waals surface area contributed by atoms with Crippen LogP contribution in [0.1, 0.15) is 41.6 Å². The molecule has 1 aromatic carbocycles. The monoisotopic (exact) mass is 337 g/mol. The Morgan fingerprint density at radius 1 is 1.22 bits per heavy atom. The number of fused-ring (bicyclic) bond motifs is 1. The lowest BCUT2D eigenvalue weighted by molar-refractivity contribution is -0.116. The van der Waals surface area contributed by atoms with Crippen LogP contribution in [0.3, 0.4) is 0 Å². The van der Waals surface area contributed by atoms with E-state index in [2.05, 4.69) is 10.6 Å². The van der Waals surface area contributed by atoms with Gasteiger partial charge in [-0.3, -0.25) is 9.59 Å². The molecule has 1 fully saturated rings. The van der Waals surface area contributed by atoms with E-state index in [1.807, 2.05) is 30.1 Å². The number of nitrogens with one attached hydrogen (secondary N) is 2. The zero-order chi connectivity index (χ0) is 15.5. The van der Waals surface area contributed by atoms with E-state index >= 15 is 0 Å². The molecule has 0 saturated carbocycles. The molecule has 2 N–H and O–H groups in total. The number of rotatable bonds is 2. The summed E-state index contributed by atoms with van der Waals surface area (Å²) in [4.78, 5) is 26.0. The molecule has 0 bridgehead atoms. The quantitative estimate of drug-likeness (QED) is 0.869. The van der Waals surface area contributed by atoms with Crippen molar-refractivity contribution in [3.05, 3.63) is 29.3 Å². The molecule has 0 aromatic heterocycles. The van der Waals surface area contributed by atoms with Crippen molar-refractivity contribution in [1.82, 2.24) is 10.2 Å². The molecule has 2 aliphatic heterocycles. The normalized spacial score (nSPS) is 20.6. The number of nitrogens with zero attached hydrogens (tertiary/aromatic N) is 1. The van der Waals surface area contributed by atoms with E-state index in [1.54, 1.807) is 0 Å². The average molecular weight is 338 g/mol. The minimum absolute atomic E-state index is 0. The molecule has 2 aliphatic rings. The maximum absolute atomic E-state index is 12.7. The van der Waals surface area contributed by atoms with Gasteiger partial charge >= 0.3 is 0 Å². The van der Waals surface area contributed by atoms with E-state index < -0.39 is 0 Å². The van der Waals surface area contributed by atoms with E-state index in [0.29, 0.717) is 18.9 Å². The van der Waals surface area contributed by atoms with Crippen molar-refractivity contribution in [3.8, 4) is 0 Å². The van der Waals surface area contributed by atoms with Gasteiger partial charge in [0.1, 0.15) is 0 Å². The van der Waals surface area contributed by atoms with Crippen LogP contribution in [0.5, 0.6) is 0 Å². The van der Waals surface area contributed by atoms with Crippen LogP contribution < -0.4 is 10.6 Å². The Hall–Kier alpha value is -1.59. The van der Waals surface area contributed by atoms with Crippen LogP contribution >= 0.6 is 12.4 Å². The molecule has 1 unspecified atom stereocenters. The van der Waals surface area contributed by atoms with E-state index in [4.69, 9.17) is 0 Å². The van der Waals surface area contributed by atoms with Crippen molar-refractivity contribution in [2.45, 2.75) is 38.1 Å². The second kappa shape index (κ2) is 7.79. The molecule has 1 aromatic rings. The number of amides is 2. The fourth-order valence-electron chi connectivity index (χ4n) is 3.27. The van der Waals surface area contributed by atoms with E-state index in [1.165, 1.54) is 0 Å². The second-order valence-corrected chi connectivity index (χ2v) is 6.17. The summed E-state index contributed by atoms with van der Waals surface area (Å²) in [6, 6.07) is 5.90. The van der Waals surface area contributed by atoms with Gasteiger partial charge in [0, 0.05) is 30.8 Å². The van der Waals surface area contributed by atoms with Gasteiger partial charge in [0.2, 0.25) is 5.91 Å². The zero-order valence-electron chi connectivity index (χ0n) is 13.4. The van der Waals surface area contributed by atoms with Crippen molar-refractivity contribution < 1.29 is 9.59 Å². The molecular formula is C17H24ClN3O2. The number of hydrogen-bond donors (Lipinski definition) is 2.